The zero-order valence-corrected chi connectivity index (χ0v) is 9.08. The van der Waals surface area contributed by atoms with Crippen molar-refractivity contribution in [3.8, 4) is 0 Å². The minimum absolute atomic E-state index is 0.123. The van der Waals surface area contributed by atoms with E-state index in [2.05, 4.69) is 4.52 Å². The molecule has 0 saturated heterocycles. The largest absolute Gasteiger partial charge is 0.561 e. The molecular weight excluding hydrogens is 244 g/mol. The first-order valence-corrected chi connectivity index (χ1v) is 6.23. The van der Waals surface area contributed by atoms with Crippen LogP contribution in [0.3, 0.4) is 0 Å². The number of hydrogen-bond acceptors (Lipinski definition) is 3. The Morgan fingerprint density at radius 3 is 2.19 bits per heavy atom. The van der Waals surface area contributed by atoms with E-state index >= 15 is 0 Å². The normalized spacial score (nSPS) is 12.8. The quantitative estimate of drug-likeness (QED) is 0.813. The molecule has 0 unspecified atom stereocenters. The maximum atomic E-state index is 11.8. The Labute approximate surface area is 91.1 Å². The van der Waals surface area contributed by atoms with Crippen molar-refractivity contribution in [1.29, 1.82) is 0 Å². The van der Waals surface area contributed by atoms with Crippen LogP contribution in [0, 0.1) is 0 Å². The monoisotopic (exact) mass is 255 g/mol. The molecule has 0 heterocycles. The van der Waals surface area contributed by atoms with Crippen LogP contribution in [0.25, 0.3) is 0 Å². The SMILES string of the molecule is O[P+](O)(CCc1ccccc1)OC(F)(F)F. The second-order valence-electron chi connectivity index (χ2n) is 3.16. The van der Waals surface area contributed by atoms with Gasteiger partial charge >= 0.3 is 14.3 Å². The van der Waals surface area contributed by atoms with Gasteiger partial charge in [-0.15, -0.1) is 13.2 Å². The Bertz CT molecular complexity index is 327. The third-order valence-corrected chi connectivity index (χ3v) is 3.09. The van der Waals surface area contributed by atoms with E-state index < -0.39 is 20.5 Å². The number of benzene rings is 1. The zero-order chi connectivity index (χ0) is 12.2. The smallest absolute Gasteiger partial charge is 0.192 e. The molecule has 2 N–H and O–H groups in total. The summed E-state index contributed by atoms with van der Waals surface area (Å²) in [4.78, 5) is 18.1. The fourth-order valence-electron chi connectivity index (χ4n) is 1.13. The molecule has 0 amide bonds. The Morgan fingerprint density at radius 2 is 1.69 bits per heavy atom. The van der Waals surface area contributed by atoms with Crippen LogP contribution in [-0.2, 0) is 10.9 Å². The van der Waals surface area contributed by atoms with Gasteiger partial charge in [0.2, 0.25) is 0 Å². The molecule has 1 aromatic rings. The predicted octanol–water partition coefficient (Wildman–Crippen LogP) is 2.51. The van der Waals surface area contributed by atoms with Crippen LogP contribution in [0.1, 0.15) is 5.56 Å². The summed E-state index contributed by atoms with van der Waals surface area (Å²) in [6, 6.07) is 8.57. The maximum absolute atomic E-state index is 11.8. The second-order valence-corrected chi connectivity index (χ2v) is 5.12. The molecule has 1 aromatic carbocycles. The molecule has 0 radical (unpaired) electrons. The predicted molar refractivity (Wildman–Crippen MR) is 53.5 cm³/mol. The molecule has 0 aliphatic carbocycles. The van der Waals surface area contributed by atoms with Gasteiger partial charge in [0.25, 0.3) is 0 Å². The lowest BCUT2D eigenvalue weighted by Gasteiger charge is -2.12. The number of rotatable bonds is 4. The fourth-order valence-corrected chi connectivity index (χ4v) is 2.10. The van der Waals surface area contributed by atoms with Crippen molar-refractivity contribution in [3.05, 3.63) is 35.9 Å². The first-order chi connectivity index (χ1) is 7.29. The minimum Gasteiger partial charge on any atom is -0.192 e. The van der Waals surface area contributed by atoms with Crippen molar-refractivity contribution in [2.75, 3.05) is 6.16 Å². The molecular formula is C9H11F3O3P+. The first-order valence-electron chi connectivity index (χ1n) is 4.43. The lowest BCUT2D eigenvalue weighted by atomic mass is 10.2. The summed E-state index contributed by atoms with van der Waals surface area (Å²) >= 11 is 0. The molecule has 0 spiro atoms. The maximum Gasteiger partial charge on any atom is 0.561 e. The van der Waals surface area contributed by atoms with Gasteiger partial charge in [-0.05, 0) is 5.56 Å². The van der Waals surface area contributed by atoms with E-state index in [-0.39, 0.29) is 6.42 Å². The molecule has 0 aromatic heterocycles. The van der Waals surface area contributed by atoms with Crippen LogP contribution in [0.4, 0.5) is 13.2 Å². The van der Waals surface area contributed by atoms with E-state index in [1.165, 1.54) is 0 Å². The Hall–Kier alpha value is -0.680. The van der Waals surface area contributed by atoms with Gasteiger partial charge in [-0.25, -0.2) is 0 Å². The molecule has 1 rings (SSSR count). The van der Waals surface area contributed by atoms with E-state index in [0.717, 1.165) is 5.56 Å². The summed E-state index contributed by atoms with van der Waals surface area (Å²) < 4.78 is 38.6. The summed E-state index contributed by atoms with van der Waals surface area (Å²) in [5, 5.41) is 0. The summed E-state index contributed by atoms with van der Waals surface area (Å²) in [6.07, 6.45) is -5.35. The van der Waals surface area contributed by atoms with Crippen molar-refractivity contribution in [2.45, 2.75) is 12.8 Å². The van der Waals surface area contributed by atoms with E-state index in [0.29, 0.717) is 0 Å². The van der Waals surface area contributed by atoms with Crippen molar-refractivity contribution in [2.24, 2.45) is 0 Å². The van der Waals surface area contributed by atoms with Crippen LogP contribution in [0.15, 0.2) is 30.3 Å². The average molecular weight is 255 g/mol. The third-order valence-electron chi connectivity index (χ3n) is 1.78. The molecule has 90 valence electrons. The Balaban J connectivity index is 2.48. The minimum atomic E-state index is -5.02. The molecule has 7 heteroatoms. The summed E-state index contributed by atoms with van der Waals surface area (Å²) in [6.45, 7) is 0. The Morgan fingerprint density at radius 1 is 1.12 bits per heavy atom. The highest BCUT2D eigenvalue weighted by atomic mass is 31.2. The topological polar surface area (TPSA) is 49.7 Å². The van der Waals surface area contributed by atoms with Crippen LogP contribution < -0.4 is 0 Å². The van der Waals surface area contributed by atoms with E-state index in [4.69, 9.17) is 9.79 Å². The molecule has 16 heavy (non-hydrogen) atoms. The highest BCUT2D eigenvalue weighted by Gasteiger charge is 2.49. The van der Waals surface area contributed by atoms with Gasteiger partial charge in [0, 0.05) is 6.42 Å². The van der Waals surface area contributed by atoms with Gasteiger partial charge in [-0.2, -0.15) is 9.79 Å². The molecule has 0 aliphatic heterocycles. The zero-order valence-electron chi connectivity index (χ0n) is 8.18. The summed E-state index contributed by atoms with van der Waals surface area (Å²) in [7, 11) is -4.35. The van der Waals surface area contributed by atoms with Gasteiger partial charge in [0.1, 0.15) is 6.16 Å². The summed E-state index contributed by atoms with van der Waals surface area (Å²) in [5.41, 5.74) is 0.723. The van der Waals surface area contributed by atoms with Crippen LogP contribution in [0.2, 0.25) is 0 Å². The van der Waals surface area contributed by atoms with Crippen molar-refractivity contribution in [3.63, 3.8) is 0 Å². The van der Waals surface area contributed by atoms with Crippen molar-refractivity contribution in [1.82, 2.24) is 0 Å². The highest BCUT2D eigenvalue weighted by molar-refractivity contribution is 7.59. The number of aryl methyl sites for hydroxylation is 1. The van der Waals surface area contributed by atoms with Crippen molar-refractivity contribution >= 4 is 7.94 Å². The van der Waals surface area contributed by atoms with Gasteiger partial charge < -0.3 is 0 Å². The van der Waals surface area contributed by atoms with E-state index in [1.54, 1.807) is 30.3 Å². The Kier molecular flexibility index (Phi) is 4.27. The molecule has 0 bridgehead atoms. The van der Waals surface area contributed by atoms with Gasteiger partial charge in [-0.1, -0.05) is 34.9 Å². The average Bonchev–Trinajstić information content (AvgIpc) is 2.13. The molecule has 0 saturated carbocycles. The van der Waals surface area contributed by atoms with Crippen molar-refractivity contribution < 1.29 is 27.5 Å². The third kappa shape index (κ3) is 5.42. The second kappa shape index (κ2) is 5.10. The molecule has 0 atom stereocenters. The van der Waals surface area contributed by atoms with Crippen LogP contribution in [0.5, 0.6) is 0 Å². The molecule has 3 nitrogen and oxygen atoms in total. The van der Waals surface area contributed by atoms with Crippen LogP contribution >= 0.6 is 7.94 Å². The molecule has 0 fully saturated rings. The van der Waals surface area contributed by atoms with Gasteiger partial charge in [-0.3, -0.25) is 0 Å². The van der Waals surface area contributed by atoms with Gasteiger partial charge in [0.05, 0.1) is 0 Å². The van der Waals surface area contributed by atoms with E-state index in [1.807, 2.05) is 0 Å². The number of hydrogen-bond donors (Lipinski definition) is 2. The lowest BCUT2D eigenvalue weighted by Crippen LogP contribution is -2.16. The summed E-state index contributed by atoms with van der Waals surface area (Å²) in [5.74, 6) is 0. The highest BCUT2D eigenvalue weighted by Crippen LogP contribution is 2.55. The molecule has 0 aliphatic rings. The standard InChI is InChI=1S/C9H11F3O3P/c10-9(11,12)15-16(13,14)7-6-8-4-2-1-3-5-8/h1-5,13-14H,6-7H2/q+1. The first kappa shape index (κ1) is 13.4. The van der Waals surface area contributed by atoms with Gasteiger partial charge in [0.15, 0.2) is 0 Å². The number of alkyl halides is 3. The fraction of sp³-hybridized carbons (Fsp3) is 0.333. The lowest BCUT2D eigenvalue weighted by molar-refractivity contribution is -0.280. The van der Waals surface area contributed by atoms with Crippen LogP contribution in [-0.4, -0.2) is 22.3 Å². The van der Waals surface area contributed by atoms with E-state index in [9.17, 15) is 13.2 Å². The number of halogens is 3.